The van der Waals surface area contributed by atoms with E-state index in [4.69, 9.17) is 0 Å². The van der Waals surface area contributed by atoms with Gasteiger partial charge in [-0.25, -0.2) is 0 Å². The molecule has 2 aromatic rings. The summed E-state index contributed by atoms with van der Waals surface area (Å²) in [5, 5.41) is 12.7. The Morgan fingerprint density at radius 3 is 2.81 bits per heavy atom. The van der Waals surface area contributed by atoms with Crippen LogP contribution in [0.2, 0.25) is 0 Å². The highest BCUT2D eigenvalue weighted by Gasteiger charge is 2.23. The smallest absolute Gasteiger partial charge is 0.274 e. The van der Waals surface area contributed by atoms with Gasteiger partial charge in [0.05, 0.1) is 0 Å². The third kappa shape index (κ3) is 2.61. The summed E-state index contributed by atoms with van der Waals surface area (Å²) in [7, 11) is 0. The van der Waals surface area contributed by atoms with Crippen molar-refractivity contribution < 1.29 is 9.90 Å². The second kappa shape index (κ2) is 5.55. The van der Waals surface area contributed by atoms with Crippen LogP contribution in [0.15, 0.2) is 29.2 Å². The summed E-state index contributed by atoms with van der Waals surface area (Å²) in [5.41, 5.74) is -0.523. The first-order chi connectivity index (χ1) is 10.2. The molecular formula is C15H17N3O3. The molecule has 110 valence electrons. The average molecular weight is 287 g/mol. The van der Waals surface area contributed by atoms with Gasteiger partial charge in [-0.2, -0.15) is 4.98 Å². The van der Waals surface area contributed by atoms with E-state index in [9.17, 15) is 14.7 Å². The Balaban J connectivity index is 1.95. The molecule has 6 nitrogen and oxygen atoms in total. The molecule has 1 saturated carbocycles. The fraction of sp³-hybridized carbons (Fsp3) is 0.400. The van der Waals surface area contributed by atoms with Crippen LogP contribution >= 0.6 is 0 Å². The van der Waals surface area contributed by atoms with E-state index in [0.717, 1.165) is 25.7 Å². The summed E-state index contributed by atoms with van der Waals surface area (Å²) >= 11 is 0. The van der Waals surface area contributed by atoms with Crippen molar-refractivity contribution in [2.24, 2.45) is 0 Å². The zero-order valence-electron chi connectivity index (χ0n) is 11.6. The van der Waals surface area contributed by atoms with Gasteiger partial charge in [-0.1, -0.05) is 25.3 Å². The first-order valence-electron chi connectivity index (χ1n) is 7.18. The minimum absolute atomic E-state index is 0.0709. The maximum Gasteiger partial charge on any atom is 0.274 e. The van der Waals surface area contributed by atoms with Crippen LogP contribution in [0.5, 0.6) is 5.88 Å². The van der Waals surface area contributed by atoms with Gasteiger partial charge in [0.1, 0.15) is 5.65 Å². The molecule has 1 fully saturated rings. The fourth-order valence-electron chi connectivity index (χ4n) is 2.78. The third-order valence-corrected chi connectivity index (χ3v) is 3.88. The lowest BCUT2D eigenvalue weighted by Gasteiger charge is -2.22. The number of hydrogen-bond donors (Lipinski definition) is 2. The normalized spacial score (nSPS) is 16.0. The van der Waals surface area contributed by atoms with Crippen LogP contribution in [0.3, 0.4) is 0 Å². The van der Waals surface area contributed by atoms with Gasteiger partial charge in [-0.15, -0.1) is 0 Å². The molecule has 0 aliphatic heterocycles. The van der Waals surface area contributed by atoms with E-state index < -0.39 is 17.3 Å². The highest BCUT2D eigenvalue weighted by atomic mass is 16.3. The van der Waals surface area contributed by atoms with E-state index in [-0.39, 0.29) is 11.6 Å². The number of nitrogens with zero attached hydrogens (tertiary/aromatic N) is 2. The highest BCUT2D eigenvalue weighted by molar-refractivity contribution is 5.96. The first kappa shape index (κ1) is 13.6. The van der Waals surface area contributed by atoms with Gasteiger partial charge in [0.2, 0.25) is 5.88 Å². The SMILES string of the molecule is O=C(NC1CCCCC1)c1c(O)nc2ccccn2c1=O. The number of carbonyl (C=O) groups excluding carboxylic acids is 1. The van der Waals surface area contributed by atoms with Gasteiger partial charge in [-0.05, 0) is 25.0 Å². The second-order valence-electron chi connectivity index (χ2n) is 5.35. The van der Waals surface area contributed by atoms with Crippen LogP contribution < -0.4 is 10.9 Å². The summed E-state index contributed by atoms with van der Waals surface area (Å²) in [6.45, 7) is 0. The summed E-state index contributed by atoms with van der Waals surface area (Å²) in [6, 6.07) is 5.06. The summed E-state index contributed by atoms with van der Waals surface area (Å²) < 4.78 is 1.26. The Kier molecular flexibility index (Phi) is 3.60. The standard InChI is InChI=1S/C15H17N3O3/c19-13(16-10-6-2-1-3-7-10)12-14(20)17-11-8-4-5-9-18(11)15(12)21/h4-5,8-10,20H,1-3,6-7H2,(H,16,19). The van der Waals surface area contributed by atoms with Crippen molar-refractivity contribution in [3.05, 3.63) is 40.3 Å². The van der Waals surface area contributed by atoms with Crippen LogP contribution in [0, 0.1) is 0 Å². The molecule has 0 radical (unpaired) electrons. The number of rotatable bonds is 2. The Hall–Kier alpha value is -2.37. The quantitative estimate of drug-likeness (QED) is 0.876. The van der Waals surface area contributed by atoms with Crippen molar-refractivity contribution >= 4 is 11.6 Å². The van der Waals surface area contributed by atoms with Crippen LogP contribution in [0.1, 0.15) is 42.5 Å². The Morgan fingerprint density at radius 2 is 2.05 bits per heavy atom. The van der Waals surface area contributed by atoms with Crippen LogP contribution in [0.4, 0.5) is 0 Å². The highest BCUT2D eigenvalue weighted by Crippen LogP contribution is 2.18. The number of aromatic hydroxyl groups is 1. The molecule has 21 heavy (non-hydrogen) atoms. The Morgan fingerprint density at radius 1 is 1.29 bits per heavy atom. The largest absolute Gasteiger partial charge is 0.493 e. The minimum atomic E-state index is -0.550. The van der Waals surface area contributed by atoms with Gasteiger partial charge in [0.15, 0.2) is 5.56 Å². The molecule has 2 aromatic heterocycles. The van der Waals surface area contributed by atoms with Gasteiger partial charge in [-0.3, -0.25) is 14.0 Å². The molecule has 0 atom stereocenters. The molecule has 0 aromatic carbocycles. The number of carbonyl (C=O) groups is 1. The van der Waals surface area contributed by atoms with Crippen molar-refractivity contribution in [1.82, 2.24) is 14.7 Å². The monoisotopic (exact) mass is 287 g/mol. The van der Waals surface area contributed by atoms with Crippen molar-refractivity contribution in [3.8, 4) is 5.88 Å². The number of amides is 1. The zero-order chi connectivity index (χ0) is 14.8. The van der Waals surface area contributed by atoms with E-state index >= 15 is 0 Å². The van der Waals surface area contributed by atoms with E-state index in [1.807, 2.05) is 0 Å². The average Bonchev–Trinajstić information content (AvgIpc) is 2.48. The fourth-order valence-corrected chi connectivity index (χ4v) is 2.78. The Bertz CT molecular complexity index is 733. The van der Waals surface area contributed by atoms with Gasteiger partial charge in [0.25, 0.3) is 11.5 Å². The van der Waals surface area contributed by atoms with E-state index in [0.29, 0.717) is 5.65 Å². The van der Waals surface area contributed by atoms with E-state index in [1.54, 1.807) is 18.2 Å². The topological polar surface area (TPSA) is 83.7 Å². The molecule has 6 heteroatoms. The summed E-state index contributed by atoms with van der Waals surface area (Å²) in [4.78, 5) is 28.5. The number of hydrogen-bond acceptors (Lipinski definition) is 4. The number of nitrogens with one attached hydrogen (secondary N) is 1. The summed E-state index contributed by atoms with van der Waals surface area (Å²) in [5.74, 6) is -1.06. The van der Waals surface area contributed by atoms with Gasteiger partial charge < -0.3 is 10.4 Å². The predicted molar refractivity (Wildman–Crippen MR) is 77.5 cm³/mol. The maximum absolute atomic E-state index is 12.3. The Labute approximate surface area is 121 Å². The molecule has 2 heterocycles. The molecule has 1 aliphatic rings. The van der Waals surface area contributed by atoms with Gasteiger partial charge >= 0.3 is 0 Å². The van der Waals surface area contributed by atoms with Crippen LogP contribution in [0.25, 0.3) is 5.65 Å². The van der Waals surface area contributed by atoms with E-state index in [2.05, 4.69) is 10.3 Å². The molecule has 1 aliphatic carbocycles. The molecule has 0 bridgehead atoms. The molecular weight excluding hydrogens is 270 g/mol. The van der Waals surface area contributed by atoms with Crippen LogP contribution in [-0.4, -0.2) is 26.4 Å². The minimum Gasteiger partial charge on any atom is -0.493 e. The van der Waals surface area contributed by atoms with Gasteiger partial charge in [0, 0.05) is 12.2 Å². The number of aromatic nitrogens is 2. The molecule has 3 rings (SSSR count). The molecule has 0 spiro atoms. The van der Waals surface area contributed by atoms with E-state index in [1.165, 1.54) is 17.0 Å². The van der Waals surface area contributed by atoms with Crippen molar-refractivity contribution in [2.75, 3.05) is 0 Å². The molecule has 1 amide bonds. The van der Waals surface area contributed by atoms with Crippen molar-refractivity contribution in [1.29, 1.82) is 0 Å². The number of fused-ring (bicyclic) bond motifs is 1. The molecule has 0 saturated heterocycles. The molecule has 0 unspecified atom stereocenters. The van der Waals surface area contributed by atoms with Crippen molar-refractivity contribution in [3.63, 3.8) is 0 Å². The lowest BCUT2D eigenvalue weighted by molar-refractivity contribution is 0.0922. The lowest BCUT2D eigenvalue weighted by Crippen LogP contribution is -2.39. The van der Waals surface area contributed by atoms with Crippen LogP contribution in [-0.2, 0) is 0 Å². The third-order valence-electron chi connectivity index (χ3n) is 3.88. The number of pyridine rings is 1. The summed E-state index contributed by atoms with van der Waals surface area (Å²) in [6.07, 6.45) is 6.68. The maximum atomic E-state index is 12.3. The lowest BCUT2D eigenvalue weighted by atomic mass is 9.95. The zero-order valence-corrected chi connectivity index (χ0v) is 11.6. The second-order valence-corrected chi connectivity index (χ2v) is 5.35. The molecule has 2 N–H and O–H groups in total. The first-order valence-corrected chi connectivity index (χ1v) is 7.18. The van der Waals surface area contributed by atoms with Crippen molar-refractivity contribution in [2.45, 2.75) is 38.1 Å². The predicted octanol–water partition coefficient (Wildman–Crippen LogP) is 1.46.